The lowest BCUT2D eigenvalue weighted by molar-refractivity contribution is 1.34. The smallest absolute Gasteiger partial charge is 0.0935 e. The second kappa shape index (κ2) is 6.29. The molecular weight excluding hydrogens is 303 g/mol. The van der Waals surface area contributed by atoms with Crippen molar-refractivity contribution in [1.29, 1.82) is 0 Å². The summed E-state index contributed by atoms with van der Waals surface area (Å²) in [7, 11) is 0. The summed E-state index contributed by atoms with van der Waals surface area (Å²) in [6.07, 6.45) is 1.72. The molecule has 0 aromatic heterocycles. The highest BCUT2D eigenvalue weighted by Crippen LogP contribution is 2.33. The molecule has 0 heterocycles. The van der Waals surface area contributed by atoms with Crippen LogP contribution in [0.15, 0.2) is 41.5 Å². The van der Waals surface area contributed by atoms with Crippen LogP contribution in [0.1, 0.15) is 11.1 Å². The Morgan fingerprint density at radius 2 is 1.68 bits per heavy atom. The fraction of sp³-hybridized carbons (Fsp3) is 0.0714. The molecule has 2 aromatic carbocycles. The molecule has 0 spiro atoms. The second-order valence-corrected chi connectivity index (χ2v) is 5.22. The molecule has 0 saturated heterocycles. The Bertz CT molecular complexity index is 601. The fourth-order valence-electron chi connectivity index (χ4n) is 1.55. The number of halogens is 3. The number of anilines is 1. The zero-order valence-corrected chi connectivity index (χ0v) is 12.4. The highest BCUT2D eigenvalue weighted by atomic mass is 35.5. The van der Waals surface area contributed by atoms with Gasteiger partial charge in [-0.05, 0) is 30.2 Å². The van der Waals surface area contributed by atoms with E-state index in [1.807, 2.05) is 31.2 Å². The van der Waals surface area contributed by atoms with E-state index in [0.717, 1.165) is 11.1 Å². The molecule has 0 fully saturated rings. The van der Waals surface area contributed by atoms with E-state index in [0.29, 0.717) is 20.8 Å². The minimum Gasteiger partial charge on any atom is -0.275 e. The van der Waals surface area contributed by atoms with Gasteiger partial charge in [-0.2, -0.15) is 5.10 Å². The number of hydrazone groups is 1. The van der Waals surface area contributed by atoms with Crippen LogP contribution >= 0.6 is 34.8 Å². The van der Waals surface area contributed by atoms with Gasteiger partial charge in [-0.25, -0.2) is 0 Å². The number of rotatable bonds is 3. The first-order chi connectivity index (χ1) is 9.08. The summed E-state index contributed by atoms with van der Waals surface area (Å²) in [4.78, 5) is 0. The highest BCUT2D eigenvalue weighted by molar-refractivity contribution is 6.41. The van der Waals surface area contributed by atoms with Crippen LogP contribution in [0.4, 0.5) is 5.69 Å². The molecule has 0 aliphatic heterocycles. The van der Waals surface area contributed by atoms with Gasteiger partial charge in [-0.15, -0.1) is 0 Å². The third-order valence-electron chi connectivity index (χ3n) is 2.58. The summed E-state index contributed by atoms with van der Waals surface area (Å²) in [5, 5.41) is 5.49. The van der Waals surface area contributed by atoms with Gasteiger partial charge in [0.25, 0.3) is 0 Å². The van der Waals surface area contributed by atoms with Gasteiger partial charge in [0.1, 0.15) is 0 Å². The topological polar surface area (TPSA) is 24.4 Å². The summed E-state index contributed by atoms with van der Waals surface area (Å²) in [5.41, 5.74) is 5.53. The Hall–Kier alpha value is -1.22. The first kappa shape index (κ1) is 14.2. The Balaban J connectivity index is 2.18. The SMILES string of the molecule is Cc1ccccc1/C=N/Nc1c(Cl)cc(Cl)cc1Cl. The maximum Gasteiger partial charge on any atom is 0.0935 e. The molecule has 0 aliphatic carbocycles. The molecule has 2 aromatic rings. The number of hydrogen-bond donors (Lipinski definition) is 1. The highest BCUT2D eigenvalue weighted by Gasteiger charge is 2.06. The zero-order chi connectivity index (χ0) is 13.8. The number of nitrogens with one attached hydrogen (secondary N) is 1. The van der Waals surface area contributed by atoms with Crippen molar-refractivity contribution in [2.75, 3.05) is 5.43 Å². The number of nitrogens with zero attached hydrogens (tertiary/aromatic N) is 1. The van der Waals surface area contributed by atoms with Crippen LogP contribution in [-0.2, 0) is 0 Å². The standard InChI is InChI=1S/C14H11Cl3N2/c1-9-4-2-3-5-10(9)8-18-19-14-12(16)6-11(15)7-13(14)17/h2-8,19H,1H3/b18-8+. The van der Waals surface area contributed by atoms with Crippen LogP contribution < -0.4 is 5.43 Å². The maximum absolute atomic E-state index is 6.04. The molecule has 2 rings (SSSR count). The third kappa shape index (κ3) is 3.63. The molecule has 0 saturated carbocycles. The lowest BCUT2D eigenvalue weighted by Crippen LogP contribution is -1.94. The minimum atomic E-state index is 0.430. The predicted molar refractivity (Wildman–Crippen MR) is 83.9 cm³/mol. The maximum atomic E-state index is 6.04. The van der Waals surface area contributed by atoms with Gasteiger partial charge in [0.2, 0.25) is 0 Å². The molecule has 0 bridgehead atoms. The number of hydrogen-bond acceptors (Lipinski definition) is 2. The molecule has 0 aliphatic rings. The van der Waals surface area contributed by atoms with E-state index in [1.54, 1.807) is 18.3 Å². The average molecular weight is 314 g/mol. The van der Waals surface area contributed by atoms with Crippen molar-refractivity contribution in [3.63, 3.8) is 0 Å². The second-order valence-electron chi connectivity index (χ2n) is 3.97. The van der Waals surface area contributed by atoms with E-state index in [1.165, 1.54) is 0 Å². The van der Waals surface area contributed by atoms with E-state index in [-0.39, 0.29) is 0 Å². The van der Waals surface area contributed by atoms with Crippen molar-refractivity contribution in [1.82, 2.24) is 0 Å². The largest absolute Gasteiger partial charge is 0.275 e. The molecule has 2 nitrogen and oxygen atoms in total. The van der Waals surface area contributed by atoms with Crippen molar-refractivity contribution in [2.45, 2.75) is 6.92 Å². The Kier molecular flexibility index (Phi) is 4.70. The lowest BCUT2D eigenvalue weighted by atomic mass is 10.1. The Morgan fingerprint density at radius 3 is 2.32 bits per heavy atom. The molecule has 0 unspecified atom stereocenters. The summed E-state index contributed by atoms with van der Waals surface area (Å²) >= 11 is 17.9. The monoisotopic (exact) mass is 312 g/mol. The van der Waals surface area contributed by atoms with Gasteiger partial charge in [0.05, 0.1) is 21.9 Å². The van der Waals surface area contributed by atoms with E-state index in [2.05, 4.69) is 10.5 Å². The Morgan fingerprint density at radius 1 is 1.05 bits per heavy atom. The molecule has 0 atom stereocenters. The Labute approximate surface area is 127 Å². The van der Waals surface area contributed by atoms with Crippen molar-refractivity contribution in [2.24, 2.45) is 5.10 Å². The molecular formula is C14H11Cl3N2. The molecule has 98 valence electrons. The third-order valence-corrected chi connectivity index (χ3v) is 3.39. The van der Waals surface area contributed by atoms with Crippen LogP contribution in [0.5, 0.6) is 0 Å². The van der Waals surface area contributed by atoms with Gasteiger partial charge in [0.15, 0.2) is 0 Å². The van der Waals surface area contributed by atoms with E-state index >= 15 is 0 Å². The average Bonchev–Trinajstić information content (AvgIpc) is 2.34. The van der Waals surface area contributed by atoms with E-state index in [4.69, 9.17) is 34.8 Å². The van der Waals surface area contributed by atoms with Crippen LogP contribution in [0.25, 0.3) is 0 Å². The first-order valence-corrected chi connectivity index (χ1v) is 6.70. The van der Waals surface area contributed by atoms with Crippen molar-refractivity contribution < 1.29 is 0 Å². The van der Waals surface area contributed by atoms with Crippen LogP contribution in [0.3, 0.4) is 0 Å². The van der Waals surface area contributed by atoms with Crippen molar-refractivity contribution >= 4 is 46.7 Å². The van der Waals surface area contributed by atoms with Gasteiger partial charge in [-0.1, -0.05) is 59.1 Å². The van der Waals surface area contributed by atoms with Crippen molar-refractivity contribution in [3.05, 3.63) is 62.6 Å². The summed E-state index contributed by atoms with van der Waals surface area (Å²) in [5.74, 6) is 0. The van der Waals surface area contributed by atoms with Crippen LogP contribution in [0, 0.1) is 6.92 Å². The van der Waals surface area contributed by atoms with E-state index < -0.39 is 0 Å². The molecule has 0 amide bonds. The fourth-order valence-corrected chi connectivity index (χ4v) is 2.45. The minimum absolute atomic E-state index is 0.430. The van der Waals surface area contributed by atoms with Gasteiger partial charge < -0.3 is 0 Å². The first-order valence-electron chi connectivity index (χ1n) is 5.57. The normalized spacial score (nSPS) is 10.9. The van der Waals surface area contributed by atoms with Crippen LogP contribution in [-0.4, -0.2) is 6.21 Å². The lowest BCUT2D eigenvalue weighted by Gasteiger charge is -2.06. The van der Waals surface area contributed by atoms with E-state index in [9.17, 15) is 0 Å². The van der Waals surface area contributed by atoms with Crippen LogP contribution in [0.2, 0.25) is 15.1 Å². The summed E-state index contributed by atoms with van der Waals surface area (Å²) in [6.45, 7) is 2.02. The van der Waals surface area contributed by atoms with Gasteiger partial charge in [0, 0.05) is 5.02 Å². The number of aryl methyl sites for hydroxylation is 1. The molecule has 5 heteroatoms. The number of benzene rings is 2. The zero-order valence-electron chi connectivity index (χ0n) is 10.1. The molecule has 1 N–H and O–H groups in total. The molecule has 0 radical (unpaired) electrons. The predicted octanol–water partition coefficient (Wildman–Crippen LogP) is 5.40. The summed E-state index contributed by atoms with van der Waals surface area (Å²) < 4.78 is 0. The quantitative estimate of drug-likeness (QED) is 0.595. The molecule has 19 heavy (non-hydrogen) atoms. The van der Waals surface area contributed by atoms with Gasteiger partial charge >= 0.3 is 0 Å². The summed E-state index contributed by atoms with van der Waals surface area (Å²) in [6, 6.07) is 11.2. The van der Waals surface area contributed by atoms with Gasteiger partial charge in [-0.3, -0.25) is 5.43 Å². The van der Waals surface area contributed by atoms with Crippen molar-refractivity contribution in [3.8, 4) is 0 Å².